The highest BCUT2D eigenvalue weighted by atomic mass is 19.4. The zero-order valence-electron chi connectivity index (χ0n) is 13.9. The van der Waals surface area contributed by atoms with Crippen molar-refractivity contribution >= 4 is 5.97 Å². The number of carbonyl (C=O) groups is 1. The fourth-order valence-corrected chi connectivity index (χ4v) is 2.64. The lowest BCUT2D eigenvalue weighted by molar-refractivity contribution is -0.137. The van der Waals surface area contributed by atoms with Crippen LogP contribution in [0.2, 0.25) is 0 Å². The van der Waals surface area contributed by atoms with Crippen LogP contribution in [0.15, 0.2) is 53.5 Å². The average Bonchev–Trinajstić information content (AvgIpc) is 2.91. The Balaban J connectivity index is 2.09. The van der Waals surface area contributed by atoms with E-state index >= 15 is 0 Å². The molecule has 0 saturated heterocycles. The number of aromatic carboxylic acids is 1. The summed E-state index contributed by atoms with van der Waals surface area (Å²) < 4.78 is 67.0. The van der Waals surface area contributed by atoms with Crippen molar-refractivity contribution in [2.45, 2.75) is 12.7 Å². The van der Waals surface area contributed by atoms with Crippen molar-refractivity contribution < 1.29 is 31.9 Å². The molecule has 0 aliphatic carbocycles. The van der Waals surface area contributed by atoms with Gasteiger partial charge in [0.2, 0.25) is 0 Å². The molecule has 0 aliphatic heterocycles. The molecule has 0 saturated carbocycles. The van der Waals surface area contributed by atoms with Crippen LogP contribution in [-0.4, -0.2) is 20.4 Å². The molecule has 0 fully saturated rings. The van der Waals surface area contributed by atoms with Crippen LogP contribution in [0.1, 0.15) is 21.5 Å². The third kappa shape index (κ3) is 3.66. The van der Waals surface area contributed by atoms with Crippen molar-refractivity contribution in [1.82, 2.24) is 9.36 Å². The number of rotatable bonds is 4. The summed E-state index contributed by atoms with van der Waals surface area (Å²) >= 11 is 0. The number of hydrogen-bond donors (Lipinski definition) is 1. The number of aromatic nitrogens is 2. The van der Waals surface area contributed by atoms with Gasteiger partial charge in [-0.15, -0.1) is 0 Å². The molecule has 0 aliphatic rings. The van der Waals surface area contributed by atoms with E-state index in [1.54, 1.807) is 0 Å². The summed E-state index contributed by atoms with van der Waals surface area (Å²) in [6, 6.07) is 6.34. The first-order valence-electron chi connectivity index (χ1n) is 7.75. The Morgan fingerprint density at radius 3 is 2.21 bits per heavy atom. The van der Waals surface area contributed by atoms with Crippen LogP contribution in [0.25, 0.3) is 5.69 Å². The third-order valence-electron chi connectivity index (χ3n) is 3.95. The van der Waals surface area contributed by atoms with E-state index < -0.39 is 46.2 Å². The lowest BCUT2D eigenvalue weighted by atomic mass is 10.1. The molecule has 0 bridgehead atoms. The van der Waals surface area contributed by atoms with Gasteiger partial charge in [0.05, 0.1) is 12.1 Å². The molecule has 1 N–H and O–H groups in total. The summed E-state index contributed by atoms with van der Waals surface area (Å²) in [5, 5.41) is 9.15. The van der Waals surface area contributed by atoms with Crippen molar-refractivity contribution in [2.24, 2.45) is 0 Å². The molecule has 5 nitrogen and oxygen atoms in total. The zero-order valence-corrected chi connectivity index (χ0v) is 13.9. The Morgan fingerprint density at radius 1 is 1.04 bits per heavy atom. The Bertz CT molecular complexity index is 1100. The number of hydrogen-bond acceptors (Lipinski definition) is 2. The van der Waals surface area contributed by atoms with Gasteiger partial charge in [0.25, 0.3) is 5.56 Å². The van der Waals surface area contributed by atoms with E-state index in [-0.39, 0.29) is 6.54 Å². The van der Waals surface area contributed by atoms with Gasteiger partial charge in [0, 0.05) is 12.3 Å². The Hall–Kier alpha value is -3.43. The normalized spacial score (nSPS) is 11.6. The van der Waals surface area contributed by atoms with Crippen LogP contribution in [0.4, 0.5) is 22.0 Å². The summed E-state index contributed by atoms with van der Waals surface area (Å²) in [4.78, 5) is 23.7. The lowest BCUT2D eigenvalue weighted by Gasteiger charge is -2.13. The molecule has 3 rings (SSSR count). The molecular weight excluding hydrogens is 387 g/mol. The second-order valence-corrected chi connectivity index (χ2v) is 5.85. The number of benzene rings is 2. The van der Waals surface area contributed by atoms with Gasteiger partial charge in [-0.2, -0.15) is 13.2 Å². The first-order chi connectivity index (χ1) is 13.1. The predicted molar refractivity (Wildman–Crippen MR) is 87.5 cm³/mol. The standard InChI is InChI=1S/C18H11F5N2O3/c19-12-5-6-15(14(20)7-12)25-16(26)13(17(27)28)9-24(25)8-10-1-3-11(4-2-10)18(21,22)23/h1-7,9H,8H2,(H,27,28). The summed E-state index contributed by atoms with van der Waals surface area (Å²) in [5.74, 6) is -3.56. The predicted octanol–water partition coefficient (Wildman–Crippen LogP) is 3.68. The molecule has 0 radical (unpaired) electrons. The Morgan fingerprint density at radius 2 is 1.68 bits per heavy atom. The first-order valence-corrected chi connectivity index (χ1v) is 7.75. The van der Waals surface area contributed by atoms with E-state index in [9.17, 15) is 31.5 Å². The third-order valence-corrected chi connectivity index (χ3v) is 3.95. The maximum Gasteiger partial charge on any atom is 0.416 e. The molecule has 3 aromatic rings. The highest BCUT2D eigenvalue weighted by Crippen LogP contribution is 2.29. The van der Waals surface area contributed by atoms with Gasteiger partial charge in [0.15, 0.2) is 5.82 Å². The fraction of sp³-hybridized carbons (Fsp3) is 0.111. The molecule has 1 heterocycles. The zero-order chi connectivity index (χ0) is 20.6. The summed E-state index contributed by atoms with van der Waals surface area (Å²) in [6.07, 6.45) is -3.59. The average molecular weight is 398 g/mol. The van der Waals surface area contributed by atoms with Gasteiger partial charge < -0.3 is 5.11 Å². The molecule has 0 spiro atoms. The summed E-state index contributed by atoms with van der Waals surface area (Å²) in [6.45, 7) is -0.225. The fourth-order valence-electron chi connectivity index (χ4n) is 2.64. The largest absolute Gasteiger partial charge is 0.477 e. The number of alkyl halides is 3. The SMILES string of the molecule is O=C(O)c1cn(Cc2ccc(C(F)(F)F)cc2)n(-c2ccc(F)cc2F)c1=O. The number of nitrogens with zero attached hydrogens (tertiary/aromatic N) is 2. The summed E-state index contributed by atoms with van der Waals surface area (Å²) in [7, 11) is 0. The molecule has 146 valence electrons. The quantitative estimate of drug-likeness (QED) is 0.682. The molecule has 28 heavy (non-hydrogen) atoms. The van der Waals surface area contributed by atoms with Crippen molar-refractivity contribution in [3.8, 4) is 5.69 Å². The van der Waals surface area contributed by atoms with Gasteiger partial charge in [0.1, 0.15) is 17.1 Å². The van der Waals surface area contributed by atoms with Crippen LogP contribution in [0, 0.1) is 11.6 Å². The maximum atomic E-state index is 14.1. The van der Waals surface area contributed by atoms with E-state index in [0.29, 0.717) is 16.3 Å². The molecule has 0 amide bonds. The number of halogens is 5. The minimum Gasteiger partial charge on any atom is -0.477 e. The molecule has 0 atom stereocenters. The van der Waals surface area contributed by atoms with Crippen LogP contribution in [-0.2, 0) is 12.7 Å². The highest BCUT2D eigenvalue weighted by molar-refractivity contribution is 5.87. The van der Waals surface area contributed by atoms with Gasteiger partial charge in [-0.25, -0.2) is 18.3 Å². The first kappa shape index (κ1) is 19.3. The second-order valence-electron chi connectivity index (χ2n) is 5.85. The van der Waals surface area contributed by atoms with Crippen LogP contribution in [0.3, 0.4) is 0 Å². The smallest absolute Gasteiger partial charge is 0.416 e. The molecule has 10 heteroatoms. The minimum absolute atomic E-state index is 0.225. The van der Waals surface area contributed by atoms with Crippen LogP contribution >= 0.6 is 0 Å². The number of carboxylic acid groups (broad SMARTS) is 1. The van der Waals surface area contributed by atoms with Crippen LogP contribution < -0.4 is 5.56 Å². The summed E-state index contributed by atoms with van der Waals surface area (Å²) in [5.41, 5.74) is -2.71. The molecular formula is C18H11F5N2O3. The van der Waals surface area contributed by atoms with Gasteiger partial charge in [-0.1, -0.05) is 12.1 Å². The molecule has 1 aromatic heterocycles. The van der Waals surface area contributed by atoms with E-state index in [2.05, 4.69) is 0 Å². The monoisotopic (exact) mass is 398 g/mol. The minimum atomic E-state index is -4.53. The van der Waals surface area contributed by atoms with Crippen molar-refractivity contribution in [3.63, 3.8) is 0 Å². The van der Waals surface area contributed by atoms with E-state index in [1.807, 2.05) is 0 Å². The van der Waals surface area contributed by atoms with Crippen molar-refractivity contribution in [1.29, 1.82) is 0 Å². The van der Waals surface area contributed by atoms with E-state index in [4.69, 9.17) is 5.11 Å². The van der Waals surface area contributed by atoms with Crippen molar-refractivity contribution in [2.75, 3.05) is 0 Å². The highest BCUT2D eigenvalue weighted by Gasteiger charge is 2.30. The van der Waals surface area contributed by atoms with Crippen molar-refractivity contribution in [3.05, 3.63) is 87.3 Å². The molecule has 0 unspecified atom stereocenters. The Kier molecular flexibility index (Phi) is 4.80. The van der Waals surface area contributed by atoms with Gasteiger partial charge >= 0.3 is 12.1 Å². The lowest BCUT2D eigenvalue weighted by Crippen LogP contribution is -2.25. The van der Waals surface area contributed by atoms with Gasteiger partial charge in [-0.05, 0) is 29.8 Å². The number of carboxylic acids is 1. The molecule has 2 aromatic carbocycles. The van der Waals surface area contributed by atoms with Crippen LogP contribution in [0.5, 0.6) is 0 Å². The maximum absolute atomic E-state index is 14.1. The Labute approximate surface area is 153 Å². The van der Waals surface area contributed by atoms with E-state index in [1.165, 1.54) is 0 Å². The second kappa shape index (κ2) is 6.95. The topological polar surface area (TPSA) is 64.2 Å². The van der Waals surface area contributed by atoms with Gasteiger partial charge in [-0.3, -0.25) is 9.48 Å². The van der Waals surface area contributed by atoms with E-state index in [0.717, 1.165) is 47.3 Å².